The van der Waals surface area contributed by atoms with Crippen LogP contribution in [-0.2, 0) is 9.59 Å². The van der Waals surface area contributed by atoms with Crippen LogP contribution < -0.4 is 15.6 Å². The van der Waals surface area contributed by atoms with Crippen molar-refractivity contribution in [1.29, 1.82) is 0 Å². The average Bonchev–Trinajstić information content (AvgIpc) is 3.04. The number of hydrazine groups is 1. The first-order valence-electron chi connectivity index (χ1n) is 9.43. The van der Waals surface area contributed by atoms with E-state index < -0.39 is 11.8 Å². The molecule has 1 aliphatic heterocycles. The quantitative estimate of drug-likeness (QED) is 0.396. The molecule has 2 aromatic rings. The summed E-state index contributed by atoms with van der Waals surface area (Å²) in [6, 6.07) is 14.5. The molecule has 0 saturated carbocycles. The van der Waals surface area contributed by atoms with Gasteiger partial charge in [0.25, 0.3) is 11.8 Å². The van der Waals surface area contributed by atoms with Crippen LogP contribution in [0.2, 0.25) is 0 Å². The van der Waals surface area contributed by atoms with Crippen molar-refractivity contribution in [2.45, 2.75) is 13.3 Å². The number of carbonyl (C=O) groups excluding carboxylic acids is 3. The molecule has 9 heteroatoms. The van der Waals surface area contributed by atoms with E-state index in [0.717, 1.165) is 11.1 Å². The largest absolute Gasteiger partial charge is 0.496 e. The number of hydrogen-bond acceptors (Lipinski definition) is 6. The lowest BCUT2D eigenvalue weighted by Crippen LogP contribution is -2.43. The van der Waals surface area contributed by atoms with Crippen molar-refractivity contribution >= 4 is 52.1 Å². The van der Waals surface area contributed by atoms with Gasteiger partial charge in [-0.1, -0.05) is 65.9 Å². The van der Waals surface area contributed by atoms with Crippen LogP contribution in [0.3, 0.4) is 0 Å². The zero-order chi connectivity index (χ0) is 22.4. The van der Waals surface area contributed by atoms with Gasteiger partial charge >= 0.3 is 0 Å². The first-order valence-corrected chi connectivity index (χ1v) is 10.7. The second-order valence-corrected chi connectivity index (χ2v) is 8.37. The van der Waals surface area contributed by atoms with Gasteiger partial charge in [0.2, 0.25) is 5.91 Å². The van der Waals surface area contributed by atoms with Crippen LogP contribution in [-0.4, -0.2) is 40.6 Å². The molecule has 1 aliphatic rings. The monoisotopic (exact) mass is 455 g/mol. The molecule has 3 amide bonds. The molecule has 160 valence electrons. The van der Waals surface area contributed by atoms with Crippen molar-refractivity contribution in [1.82, 2.24) is 15.8 Å². The van der Waals surface area contributed by atoms with Gasteiger partial charge in [0, 0.05) is 13.0 Å². The van der Waals surface area contributed by atoms with Crippen molar-refractivity contribution < 1.29 is 19.1 Å². The van der Waals surface area contributed by atoms with Crippen LogP contribution >= 0.6 is 24.0 Å². The molecule has 0 aliphatic carbocycles. The summed E-state index contributed by atoms with van der Waals surface area (Å²) in [5, 5.41) is 0. The highest BCUT2D eigenvalue weighted by molar-refractivity contribution is 8.26. The molecule has 0 unspecified atom stereocenters. The zero-order valence-electron chi connectivity index (χ0n) is 17.0. The highest BCUT2D eigenvalue weighted by Gasteiger charge is 2.32. The van der Waals surface area contributed by atoms with Gasteiger partial charge in [-0.15, -0.1) is 0 Å². The van der Waals surface area contributed by atoms with E-state index in [1.54, 1.807) is 30.3 Å². The van der Waals surface area contributed by atoms with Crippen molar-refractivity contribution in [2.75, 3.05) is 13.7 Å². The summed E-state index contributed by atoms with van der Waals surface area (Å²) in [4.78, 5) is 38.9. The number of nitrogens with one attached hydrogen (secondary N) is 2. The molecule has 0 aromatic heterocycles. The van der Waals surface area contributed by atoms with E-state index in [-0.39, 0.29) is 18.9 Å². The number of aryl methyl sites for hydroxylation is 1. The van der Waals surface area contributed by atoms with Crippen LogP contribution in [0.1, 0.15) is 27.9 Å². The molecule has 7 nitrogen and oxygen atoms in total. The molecule has 2 N–H and O–H groups in total. The van der Waals surface area contributed by atoms with Gasteiger partial charge in [0.1, 0.15) is 10.1 Å². The highest BCUT2D eigenvalue weighted by atomic mass is 32.2. The maximum absolute atomic E-state index is 12.7. The minimum absolute atomic E-state index is 0.0174. The van der Waals surface area contributed by atoms with Crippen LogP contribution in [0.4, 0.5) is 0 Å². The number of thiocarbonyl (C=S) groups is 1. The van der Waals surface area contributed by atoms with Gasteiger partial charge in [-0.05, 0) is 30.7 Å². The third-order valence-corrected chi connectivity index (χ3v) is 5.86. The predicted molar refractivity (Wildman–Crippen MR) is 124 cm³/mol. The number of amides is 3. The lowest BCUT2D eigenvalue weighted by Gasteiger charge is -2.14. The van der Waals surface area contributed by atoms with Crippen LogP contribution in [0.5, 0.6) is 5.75 Å². The normalized spacial score (nSPS) is 14.6. The number of para-hydroxylation sites is 1. The Hall–Kier alpha value is -3.17. The Bertz CT molecular complexity index is 1050. The van der Waals surface area contributed by atoms with Gasteiger partial charge < -0.3 is 4.74 Å². The number of nitrogens with zero attached hydrogens (tertiary/aromatic N) is 1. The summed E-state index contributed by atoms with van der Waals surface area (Å²) in [5.74, 6) is -0.786. The molecule has 3 rings (SSSR count). The number of thioether (sulfide) groups is 1. The maximum atomic E-state index is 12.7. The van der Waals surface area contributed by atoms with Crippen LogP contribution in [0, 0.1) is 6.92 Å². The standard InChI is InChI=1S/C22H21N3O4S2/c1-14-7-9-15(10-8-14)13-18-21(28)25(22(30)31-18)12-11-19(26)23-24-20(27)16-5-3-4-6-17(16)29-2/h3-10,13H,11-12H2,1-2H3,(H,23,26)(H,24,27)/b18-13-. The van der Waals surface area contributed by atoms with Crippen molar-refractivity contribution in [2.24, 2.45) is 0 Å². The number of ether oxygens (including phenoxy) is 1. The van der Waals surface area contributed by atoms with E-state index in [9.17, 15) is 14.4 Å². The van der Waals surface area contributed by atoms with E-state index in [1.807, 2.05) is 31.2 Å². The summed E-state index contributed by atoms with van der Waals surface area (Å²) in [6.45, 7) is 2.11. The fourth-order valence-electron chi connectivity index (χ4n) is 2.81. The number of carbonyl (C=O) groups is 3. The van der Waals surface area contributed by atoms with Crippen molar-refractivity contribution in [3.8, 4) is 5.75 Å². The van der Waals surface area contributed by atoms with Gasteiger partial charge in [-0.3, -0.25) is 30.1 Å². The average molecular weight is 456 g/mol. The number of hydrogen-bond donors (Lipinski definition) is 2. The Morgan fingerprint density at radius 1 is 1.13 bits per heavy atom. The molecule has 0 spiro atoms. The topological polar surface area (TPSA) is 87.7 Å². The minimum Gasteiger partial charge on any atom is -0.496 e. The minimum atomic E-state index is -0.502. The SMILES string of the molecule is COc1ccccc1C(=O)NNC(=O)CCN1C(=O)/C(=C/c2ccc(C)cc2)SC1=S. The summed E-state index contributed by atoms with van der Waals surface area (Å²) in [6.07, 6.45) is 1.77. The first kappa shape index (κ1) is 22.5. The Morgan fingerprint density at radius 3 is 2.55 bits per heavy atom. The van der Waals surface area contributed by atoms with Crippen molar-refractivity contribution in [3.63, 3.8) is 0 Å². The van der Waals surface area contributed by atoms with Crippen LogP contribution in [0.15, 0.2) is 53.4 Å². The molecular formula is C22H21N3O4S2. The smallest absolute Gasteiger partial charge is 0.273 e. The Labute approximate surface area is 189 Å². The Kier molecular flexibility index (Phi) is 7.43. The lowest BCUT2D eigenvalue weighted by molar-refractivity contribution is -0.124. The summed E-state index contributed by atoms with van der Waals surface area (Å²) in [5.41, 5.74) is 7.02. The molecule has 1 fully saturated rings. The summed E-state index contributed by atoms with van der Waals surface area (Å²) in [7, 11) is 1.46. The second kappa shape index (κ2) is 10.2. The van der Waals surface area contributed by atoms with E-state index >= 15 is 0 Å². The Morgan fingerprint density at radius 2 is 1.84 bits per heavy atom. The molecular weight excluding hydrogens is 434 g/mol. The molecule has 2 aromatic carbocycles. The summed E-state index contributed by atoms with van der Waals surface area (Å²) < 4.78 is 5.53. The molecule has 0 atom stereocenters. The Balaban J connectivity index is 1.53. The van der Waals surface area contributed by atoms with Gasteiger partial charge in [0.05, 0.1) is 17.6 Å². The third kappa shape index (κ3) is 5.71. The number of benzene rings is 2. The second-order valence-electron chi connectivity index (χ2n) is 6.70. The highest BCUT2D eigenvalue weighted by Crippen LogP contribution is 2.32. The molecule has 0 radical (unpaired) electrons. The van der Waals surface area contributed by atoms with E-state index in [2.05, 4.69) is 10.9 Å². The zero-order valence-corrected chi connectivity index (χ0v) is 18.6. The summed E-state index contributed by atoms with van der Waals surface area (Å²) >= 11 is 6.50. The molecule has 0 bridgehead atoms. The predicted octanol–water partition coefficient (Wildman–Crippen LogP) is 3.06. The molecule has 1 heterocycles. The van der Waals surface area contributed by atoms with Crippen LogP contribution in [0.25, 0.3) is 6.08 Å². The van der Waals surface area contributed by atoms with Gasteiger partial charge in [0.15, 0.2) is 0 Å². The van der Waals surface area contributed by atoms with E-state index in [4.69, 9.17) is 17.0 Å². The number of rotatable bonds is 6. The first-order chi connectivity index (χ1) is 14.9. The fourth-order valence-corrected chi connectivity index (χ4v) is 4.12. The van der Waals surface area contributed by atoms with E-state index in [0.29, 0.717) is 20.5 Å². The fraction of sp³-hybridized carbons (Fsp3) is 0.182. The van der Waals surface area contributed by atoms with Crippen molar-refractivity contribution in [3.05, 3.63) is 70.1 Å². The molecule has 1 saturated heterocycles. The lowest BCUT2D eigenvalue weighted by atomic mass is 10.1. The van der Waals surface area contributed by atoms with E-state index in [1.165, 1.54) is 23.8 Å². The van der Waals surface area contributed by atoms with Gasteiger partial charge in [-0.2, -0.15) is 0 Å². The molecule has 31 heavy (non-hydrogen) atoms. The van der Waals surface area contributed by atoms with Gasteiger partial charge in [-0.25, -0.2) is 0 Å². The third-order valence-electron chi connectivity index (χ3n) is 4.48. The number of methoxy groups -OCH3 is 1. The maximum Gasteiger partial charge on any atom is 0.273 e.